The summed E-state index contributed by atoms with van der Waals surface area (Å²) < 4.78 is 11.0. The fourth-order valence-electron chi connectivity index (χ4n) is 2.71. The molecule has 3 nitrogen and oxygen atoms in total. The van der Waals surface area contributed by atoms with E-state index >= 15 is 0 Å². The molecule has 0 N–H and O–H groups in total. The lowest BCUT2D eigenvalue weighted by Gasteiger charge is -2.18. The van der Waals surface area contributed by atoms with E-state index < -0.39 is 0 Å². The molecule has 0 aromatic heterocycles. The largest absolute Gasteiger partial charge is 0.486 e. The highest BCUT2D eigenvalue weighted by Gasteiger charge is 2.15. The molecule has 0 spiro atoms. The number of thioether (sulfide) groups is 1. The summed E-state index contributed by atoms with van der Waals surface area (Å²) in [6.07, 6.45) is 0. The van der Waals surface area contributed by atoms with Crippen molar-refractivity contribution in [2.24, 2.45) is 0 Å². The highest BCUT2D eigenvalue weighted by Crippen LogP contribution is 2.31. The molecule has 120 valence electrons. The Morgan fingerprint density at radius 1 is 0.875 bits per heavy atom. The Morgan fingerprint density at radius 3 is 2.54 bits per heavy atom. The molecular weight excluding hydrogens is 320 g/mol. The number of carbonyl (C=O) groups excluding carboxylic acids is 1. The van der Waals surface area contributed by atoms with Crippen molar-refractivity contribution in [1.82, 2.24) is 0 Å². The summed E-state index contributed by atoms with van der Waals surface area (Å²) in [5.41, 5.74) is 0.660. The van der Waals surface area contributed by atoms with Gasteiger partial charge in [0.15, 0.2) is 17.3 Å². The van der Waals surface area contributed by atoms with E-state index in [0.717, 1.165) is 4.90 Å². The fraction of sp³-hybridized carbons (Fsp3) is 0.150. The first-order valence-corrected chi connectivity index (χ1v) is 8.83. The van der Waals surface area contributed by atoms with Gasteiger partial charge in [-0.15, -0.1) is 11.8 Å². The van der Waals surface area contributed by atoms with Gasteiger partial charge in [0.25, 0.3) is 0 Å². The molecule has 0 bridgehead atoms. The van der Waals surface area contributed by atoms with Crippen LogP contribution in [0.2, 0.25) is 0 Å². The molecule has 1 heterocycles. The van der Waals surface area contributed by atoms with E-state index in [1.807, 2.05) is 18.2 Å². The fourth-order valence-corrected chi connectivity index (χ4v) is 3.55. The van der Waals surface area contributed by atoms with Gasteiger partial charge in [-0.3, -0.25) is 4.79 Å². The molecule has 0 fully saturated rings. The molecule has 0 atom stereocenters. The molecule has 3 aromatic rings. The second kappa shape index (κ2) is 6.57. The molecule has 0 saturated heterocycles. The lowest BCUT2D eigenvalue weighted by Crippen LogP contribution is -2.16. The van der Waals surface area contributed by atoms with E-state index in [0.29, 0.717) is 36.0 Å². The second-order valence-electron chi connectivity index (χ2n) is 5.58. The molecule has 0 radical (unpaired) electrons. The summed E-state index contributed by atoms with van der Waals surface area (Å²) in [6.45, 7) is 1.08. The topological polar surface area (TPSA) is 35.5 Å². The van der Waals surface area contributed by atoms with Crippen molar-refractivity contribution in [2.45, 2.75) is 4.90 Å². The molecule has 0 unspecified atom stereocenters. The molecular formula is C20H16O3S. The first-order chi connectivity index (χ1) is 11.8. The van der Waals surface area contributed by atoms with Crippen LogP contribution >= 0.6 is 11.8 Å². The molecule has 3 aromatic carbocycles. The zero-order valence-electron chi connectivity index (χ0n) is 13.0. The first kappa shape index (κ1) is 15.1. The summed E-state index contributed by atoms with van der Waals surface area (Å²) in [4.78, 5) is 13.5. The normalized spacial score (nSPS) is 13.0. The summed E-state index contributed by atoms with van der Waals surface area (Å²) >= 11 is 1.55. The maximum Gasteiger partial charge on any atom is 0.173 e. The van der Waals surface area contributed by atoms with Crippen LogP contribution in [0.1, 0.15) is 10.4 Å². The van der Waals surface area contributed by atoms with Crippen LogP contribution in [0.5, 0.6) is 11.5 Å². The van der Waals surface area contributed by atoms with Crippen LogP contribution < -0.4 is 9.47 Å². The number of carbonyl (C=O) groups is 1. The molecule has 1 aliphatic heterocycles. The molecule has 0 amide bonds. The van der Waals surface area contributed by atoms with Crippen molar-refractivity contribution >= 4 is 28.3 Å². The van der Waals surface area contributed by atoms with Crippen LogP contribution in [0.3, 0.4) is 0 Å². The molecule has 4 rings (SSSR count). The third-order valence-electron chi connectivity index (χ3n) is 3.96. The monoisotopic (exact) mass is 336 g/mol. The number of ketones is 1. The van der Waals surface area contributed by atoms with Gasteiger partial charge in [-0.1, -0.05) is 30.3 Å². The Bertz CT molecular complexity index is 904. The van der Waals surface area contributed by atoms with E-state index in [2.05, 4.69) is 30.3 Å². The number of rotatable bonds is 4. The molecule has 24 heavy (non-hydrogen) atoms. The molecule has 0 saturated carbocycles. The highest BCUT2D eigenvalue weighted by molar-refractivity contribution is 8.00. The van der Waals surface area contributed by atoms with Crippen molar-refractivity contribution < 1.29 is 14.3 Å². The van der Waals surface area contributed by atoms with Gasteiger partial charge in [0, 0.05) is 10.5 Å². The van der Waals surface area contributed by atoms with Crippen LogP contribution in [0.15, 0.2) is 65.6 Å². The van der Waals surface area contributed by atoms with Gasteiger partial charge in [-0.2, -0.15) is 0 Å². The minimum absolute atomic E-state index is 0.0881. The zero-order chi connectivity index (χ0) is 16.4. The first-order valence-electron chi connectivity index (χ1n) is 7.84. The van der Waals surface area contributed by atoms with Crippen LogP contribution in [-0.2, 0) is 0 Å². The summed E-state index contributed by atoms with van der Waals surface area (Å²) in [5, 5.41) is 2.40. The van der Waals surface area contributed by atoms with E-state index in [9.17, 15) is 4.79 Å². The summed E-state index contributed by atoms with van der Waals surface area (Å²) in [7, 11) is 0. The van der Waals surface area contributed by atoms with E-state index in [-0.39, 0.29) is 5.78 Å². The molecule has 0 aliphatic carbocycles. The van der Waals surface area contributed by atoms with Gasteiger partial charge < -0.3 is 9.47 Å². The number of hydrogen-bond donors (Lipinski definition) is 0. The Hall–Kier alpha value is -2.46. The standard InChI is InChI=1S/C20H16O3S/c21-18(16-6-8-19-20(12-16)23-10-9-22-19)13-24-17-7-5-14-3-1-2-4-15(14)11-17/h1-8,11-12H,9-10,13H2. The van der Waals surface area contributed by atoms with Crippen LogP contribution in [0, 0.1) is 0 Å². The van der Waals surface area contributed by atoms with Crippen molar-refractivity contribution in [3.8, 4) is 11.5 Å². The number of benzene rings is 3. The average molecular weight is 336 g/mol. The van der Waals surface area contributed by atoms with E-state index in [1.165, 1.54) is 10.8 Å². The SMILES string of the molecule is O=C(CSc1ccc2ccccc2c1)c1ccc2c(c1)OCCO2. The minimum atomic E-state index is 0.0881. The Kier molecular flexibility index (Phi) is 4.13. The van der Waals surface area contributed by atoms with Gasteiger partial charge in [-0.05, 0) is 41.1 Å². The molecule has 4 heteroatoms. The van der Waals surface area contributed by atoms with Crippen LogP contribution in [0.4, 0.5) is 0 Å². The third-order valence-corrected chi connectivity index (χ3v) is 4.95. The van der Waals surface area contributed by atoms with Gasteiger partial charge in [-0.25, -0.2) is 0 Å². The third kappa shape index (κ3) is 3.10. The highest BCUT2D eigenvalue weighted by atomic mass is 32.2. The van der Waals surface area contributed by atoms with Crippen molar-refractivity contribution in [1.29, 1.82) is 0 Å². The number of fused-ring (bicyclic) bond motifs is 2. The Morgan fingerprint density at radius 2 is 1.67 bits per heavy atom. The summed E-state index contributed by atoms with van der Waals surface area (Å²) in [6, 6.07) is 19.9. The van der Waals surface area contributed by atoms with Crippen molar-refractivity contribution in [3.05, 3.63) is 66.2 Å². The average Bonchev–Trinajstić information content (AvgIpc) is 2.65. The number of Topliss-reactive ketones (excluding diaryl/α,β-unsaturated/α-hetero) is 1. The van der Waals surface area contributed by atoms with Gasteiger partial charge in [0.1, 0.15) is 13.2 Å². The molecule has 1 aliphatic rings. The van der Waals surface area contributed by atoms with E-state index in [1.54, 1.807) is 23.9 Å². The quantitative estimate of drug-likeness (QED) is 0.516. The predicted octanol–water partition coefficient (Wildman–Crippen LogP) is 4.59. The number of ether oxygens (including phenoxy) is 2. The second-order valence-corrected chi connectivity index (χ2v) is 6.63. The van der Waals surface area contributed by atoms with Gasteiger partial charge in [0.2, 0.25) is 0 Å². The maximum atomic E-state index is 12.5. The van der Waals surface area contributed by atoms with Crippen LogP contribution in [-0.4, -0.2) is 24.7 Å². The smallest absolute Gasteiger partial charge is 0.173 e. The van der Waals surface area contributed by atoms with Gasteiger partial charge >= 0.3 is 0 Å². The van der Waals surface area contributed by atoms with Crippen LogP contribution in [0.25, 0.3) is 10.8 Å². The van der Waals surface area contributed by atoms with Gasteiger partial charge in [0.05, 0.1) is 5.75 Å². The van der Waals surface area contributed by atoms with E-state index in [4.69, 9.17) is 9.47 Å². The Balaban J connectivity index is 1.47. The van der Waals surface area contributed by atoms with Crippen molar-refractivity contribution in [3.63, 3.8) is 0 Å². The lowest BCUT2D eigenvalue weighted by molar-refractivity contribution is 0.102. The predicted molar refractivity (Wildman–Crippen MR) is 96.4 cm³/mol. The maximum absolute atomic E-state index is 12.5. The lowest BCUT2D eigenvalue weighted by atomic mass is 10.1. The summed E-state index contributed by atoms with van der Waals surface area (Å²) in [5.74, 6) is 1.85. The Labute approximate surface area is 144 Å². The minimum Gasteiger partial charge on any atom is -0.486 e. The number of hydrogen-bond acceptors (Lipinski definition) is 4. The van der Waals surface area contributed by atoms with Crippen molar-refractivity contribution in [2.75, 3.05) is 19.0 Å². The zero-order valence-corrected chi connectivity index (χ0v) is 13.8.